The molecule has 2 aromatic carbocycles. The van der Waals surface area contributed by atoms with Gasteiger partial charge in [0.25, 0.3) is 0 Å². The van der Waals surface area contributed by atoms with Crippen molar-refractivity contribution in [1.29, 1.82) is 5.26 Å². The fraction of sp³-hybridized carbons (Fsp3) is 0.323. The van der Waals surface area contributed by atoms with E-state index in [0.29, 0.717) is 60.3 Å². The van der Waals surface area contributed by atoms with Crippen LogP contribution in [-0.4, -0.2) is 71.9 Å². The molecule has 0 N–H and O–H groups in total. The van der Waals surface area contributed by atoms with Gasteiger partial charge < -0.3 is 28.4 Å². The van der Waals surface area contributed by atoms with E-state index >= 15 is 0 Å². The molecule has 4 heterocycles. The van der Waals surface area contributed by atoms with Crippen LogP contribution in [0.4, 0.5) is 10.2 Å². The zero-order chi connectivity index (χ0) is 30.6. The minimum absolute atomic E-state index is 0.0192. The number of ether oxygens (including phenoxy) is 4. The number of halogens is 1. The number of carbonyl (C=O) groups excluding carboxylic acids is 1. The second-order valence-corrected chi connectivity index (χ2v) is 10.3. The topological polar surface area (TPSA) is 127 Å². The van der Waals surface area contributed by atoms with Gasteiger partial charge in [-0.1, -0.05) is 12.1 Å². The number of anilines is 1. The predicted octanol–water partition coefficient (Wildman–Crippen LogP) is 3.87. The van der Waals surface area contributed by atoms with Crippen molar-refractivity contribution in [2.45, 2.75) is 32.2 Å². The summed E-state index contributed by atoms with van der Waals surface area (Å²) in [5.74, 6) is 1.28. The van der Waals surface area contributed by atoms with Crippen LogP contribution >= 0.6 is 0 Å². The molecule has 0 saturated carbocycles. The number of fused-ring (bicyclic) bond motifs is 1. The molecule has 1 saturated heterocycles. The lowest BCUT2D eigenvalue weighted by atomic mass is 10.1. The maximum atomic E-state index is 14.3. The first kappa shape index (κ1) is 28.9. The molecule has 13 heteroatoms. The van der Waals surface area contributed by atoms with Crippen LogP contribution in [0.15, 0.2) is 53.6 Å². The first-order valence-electron chi connectivity index (χ1n) is 14.1. The monoisotopic (exact) mass is 599 g/mol. The summed E-state index contributed by atoms with van der Waals surface area (Å²) >= 11 is 0. The van der Waals surface area contributed by atoms with Crippen molar-refractivity contribution in [1.82, 2.24) is 19.5 Å². The third-order valence-corrected chi connectivity index (χ3v) is 7.56. The molecule has 0 radical (unpaired) electrons. The maximum Gasteiger partial charge on any atom is 0.338 e. The van der Waals surface area contributed by atoms with E-state index in [0.717, 1.165) is 24.4 Å². The lowest BCUT2D eigenvalue weighted by Gasteiger charge is -2.30. The van der Waals surface area contributed by atoms with E-state index in [1.807, 2.05) is 28.1 Å². The largest absolute Gasteiger partial charge is 0.494 e. The molecular formula is C31H30FN7O5. The molecular weight excluding hydrogens is 569 g/mol. The minimum atomic E-state index is -0.500. The Morgan fingerprint density at radius 1 is 1.16 bits per heavy atom. The number of nitriles is 1. The number of benzene rings is 2. The van der Waals surface area contributed by atoms with Crippen LogP contribution in [0.1, 0.15) is 33.7 Å². The van der Waals surface area contributed by atoms with Crippen molar-refractivity contribution >= 4 is 29.2 Å². The molecule has 6 rings (SSSR count). The Morgan fingerprint density at radius 3 is 2.70 bits per heavy atom. The zero-order valence-electron chi connectivity index (χ0n) is 24.3. The molecule has 0 unspecified atom stereocenters. The summed E-state index contributed by atoms with van der Waals surface area (Å²) in [4.78, 5) is 23.7. The summed E-state index contributed by atoms with van der Waals surface area (Å²) in [5.41, 5.74) is 2.38. The second-order valence-electron chi connectivity index (χ2n) is 10.3. The van der Waals surface area contributed by atoms with Gasteiger partial charge in [0.1, 0.15) is 41.7 Å². The van der Waals surface area contributed by atoms with Crippen LogP contribution in [0.5, 0.6) is 11.6 Å². The lowest BCUT2D eigenvalue weighted by molar-refractivity contribution is -0.0592. The van der Waals surface area contributed by atoms with Gasteiger partial charge in [-0.25, -0.2) is 14.2 Å². The summed E-state index contributed by atoms with van der Waals surface area (Å²) in [6.07, 6.45) is 2.71. The molecule has 12 nitrogen and oxygen atoms in total. The van der Waals surface area contributed by atoms with Crippen molar-refractivity contribution in [3.8, 4) is 17.7 Å². The molecule has 226 valence electrons. The Morgan fingerprint density at radius 2 is 2.02 bits per heavy atom. The molecule has 0 bridgehead atoms. The molecule has 2 aliphatic heterocycles. The van der Waals surface area contributed by atoms with E-state index in [-0.39, 0.29) is 18.3 Å². The van der Waals surface area contributed by atoms with Gasteiger partial charge in [-0.15, -0.1) is 0 Å². The van der Waals surface area contributed by atoms with E-state index in [2.05, 4.69) is 14.7 Å². The zero-order valence-corrected chi connectivity index (χ0v) is 24.3. The van der Waals surface area contributed by atoms with Crippen molar-refractivity contribution < 1.29 is 28.1 Å². The van der Waals surface area contributed by atoms with E-state index in [4.69, 9.17) is 29.2 Å². The molecule has 4 aromatic rings. The number of rotatable bonds is 10. The smallest absolute Gasteiger partial charge is 0.338 e. The van der Waals surface area contributed by atoms with Crippen LogP contribution in [0.2, 0.25) is 0 Å². The van der Waals surface area contributed by atoms with E-state index in [1.54, 1.807) is 37.7 Å². The van der Waals surface area contributed by atoms with Crippen LogP contribution in [-0.2, 0) is 29.2 Å². The van der Waals surface area contributed by atoms with E-state index in [9.17, 15) is 9.18 Å². The Labute approximate surface area is 252 Å². The summed E-state index contributed by atoms with van der Waals surface area (Å²) in [6.45, 7) is 2.91. The van der Waals surface area contributed by atoms with Crippen LogP contribution in [0.3, 0.4) is 0 Å². The molecule has 0 aliphatic carbocycles. The average molecular weight is 600 g/mol. The van der Waals surface area contributed by atoms with Gasteiger partial charge in [-0.2, -0.15) is 15.3 Å². The summed E-state index contributed by atoms with van der Waals surface area (Å²) in [5, 5.41) is 15.5. The second kappa shape index (κ2) is 12.6. The average Bonchev–Trinajstić information content (AvgIpc) is 3.38. The third kappa shape index (κ3) is 5.97. The first-order chi connectivity index (χ1) is 21.4. The fourth-order valence-electron chi connectivity index (χ4n) is 5.05. The fourth-order valence-corrected chi connectivity index (χ4v) is 5.05. The number of methoxy groups -OCH3 is 2. The third-order valence-electron chi connectivity index (χ3n) is 7.56. The quantitative estimate of drug-likeness (QED) is 0.248. The Hall–Kier alpha value is -5.22. The molecule has 1 fully saturated rings. The molecule has 44 heavy (non-hydrogen) atoms. The summed E-state index contributed by atoms with van der Waals surface area (Å²) < 4.78 is 38.3. The predicted molar refractivity (Wildman–Crippen MR) is 158 cm³/mol. The molecule has 2 aromatic heterocycles. The van der Waals surface area contributed by atoms with Crippen molar-refractivity contribution in [2.75, 3.05) is 38.8 Å². The standard InChI is InChI=1S/C31H30FN7O5/c1-41-26-14-22(31(40)42-2)13-25-30(26)36-28(39(25)16-23-8-11-43-23)17-38-10-9-37(19-34-38)27-4-3-5-29(35-27)44-18-21-7-6-20(15-33)12-24(21)32/h3-7,12-14,19,23H,8-11,16-18H2,1-2H3/t23-/m0/s1. The first-order valence-corrected chi connectivity index (χ1v) is 14.1. The number of carbonyl (C=O) groups is 1. The minimum Gasteiger partial charge on any atom is -0.494 e. The van der Waals surface area contributed by atoms with Gasteiger partial charge in [0, 0.05) is 24.8 Å². The van der Waals surface area contributed by atoms with Gasteiger partial charge in [0.2, 0.25) is 5.88 Å². The highest BCUT2D eigenvalue weighted by Crippen LogP contribution is 2.31. The molecule has 2 aliphatic rings. The number of nitrogens with zero attached hydrogens (tertiary/aromatic N) is 7. The highest BCUT2D eigenvalue weighted by Gasteiger charge is 2.26. The highest BCUT2D eigenvalue weighted by molar-refractivity contribution is 5.96. The van der Waals surface area contributed by atoms with Crippen molar-refractivity contribution in [2.24, 2.45) is 5.10 Å². The lowest BCUT2D eigenvalue weighted by Crippen LogP contribution is -2.38. The van der Waals surface area contributed by atoms with Gasteiger partial charge in [0.05, 0.1) is 62.7 Å². The normalized spacial score (nSPS) is 16.0. The SMILES string of the molecule is COC(=O)c1cc(OC)c2nc(CN3CCN(c4cccc(OCc5ccc(C#N)cc5F)n4)C=N3)n(C[C@@H]3CCO3)c2c1. The van der Waals surface area contributed by atoms with Crippen LogP contribution in [0.25, 0.3) is 11.0 Å². The molecule has 0 amide bonds. The number of pyridine rings is 1. The molecule has 1 atom stereocenters. The maximum absolute atomic E-state index is 14.3. The summed E-state index contributed by atoms with van der Waals surface area (Å²) in [6, 6.07) is 15.0. The van der Waals surface area contributed by atoms with Gasteiger partial charge in [-0.3, -0.25) is 5.01 Å². The van der Waals surface area contributed by atoms with Crippen molar-refractivity contribution in [3.05, 3.63) is 76.9 Å². The number of hydrogen-bond acceptors (Lipinski definition) is 11. The van der Waals surface area contributed by atoms with Gasteiger partial charge in [-0.05, 0) is 36.8 Å². The number of hydrazone groups is 1. The summed E-state index contributed by atoms with van der Waals surface area (Å²) in [7, 11) is 2.89. The van der Waals surface area contributed by atoms with Crippen molar-refractivity contribution in [3.63, 3.8) is 0 Å². The number of imidazole rings is 1. The number of esters is 1. The number of aromatic nitrogens is 3. The highest BCUT2D eigenvalue weighted by atomic mass is 19.1. The van der Waals surface area contributed by atoms with Crippen LogP contribution < -0.4 is 14.4 Å². The van der Waals surface area contributed by atoms with Crippen LogP contribution in [0, 0.1) is 17.1 Å². The van der Waals surface area contributed by atoms with E-state index < -0.39 is 11.8 Å². The van der Waals surface area contributed by atoms with Gasteiger partial charge >= 0.3 is 5.97 Å². The number of hydrogen-bond donors (Lipinski definition) is 0. The Balaban J connectivity index is 1.18. The Kier molecular flexibility index (Phi) is 8.25. The molecule has 0 spiro atoms. The Bertz CT molecular complexity index is 1760. The van der Waals surface area contributed by atoms with E-state index in [1.165, 1.54) is 19.2 Å². The van der Waals surface area contributed by atoms with Gasteiger partial charge in [0.15, 0.2) is 0 Å².